The molecule has 21 heavy (non-hydrogen) atoms. The van der Waals surface area contributed by atoms with E-state index in [1.54, 1.807) is 7.11 Å². The fourth-order valence-corrected chi connectivity index (χ4v) is 2.47. The molecule has 3 heteroatoms. The first kappa shape index (κ1) is 18.0. The van der Waals surface area contributed by atoms with E-state index in [-0.39, 0.29) is 0 Å². The molecule has 1 rings (SSSR count). The number of benzene rings is 1. The lowest BCUT2D eigenvalue weighted by molar-refractivity contribution is 0.203. The summed E-state index contributed by atoms with van der Waals surface area (Å²) >= 11 is 0. The second-order valence-electron chi connectivity index (χ2n) is 5.73. The largest absolute Gasteiger partial charge is 0.383 e. The van der Waals surface area contributed by atoms with Crippen LogP contribution in [0.25, 0.3) is 0 Å². The van der Waals surface area contributed by atoms with Crippen molar-refractivity contribution in [3.8, 4) is 0 Å². The van der Waals surface area contributed by atoms with Crippen molar-refractivity contribution < 1.29 is 4.74 Å². The van der Waals surface area contributed by atoms with Crippen molar-refractivity contribution in [1.82, 2.24) is 5.32 Å². The van der Waals surface area contributed by atoms with E-state index in [9.17, 15) is 0 Å². The van der Waals surface area contributed by atoms with Crippen LogP contribution in [0.5, 0.6) is 0 Å². The van der Waals surface area contributed by atoms with Gasteiger partial charge in [-0.05, 0) is 56.5 Å². The summed E-state index contributed by atoms with van der Waals surface area (Å²) in [5.74, 6) is 0. The molecule has 1 aromatic rings. The van der Waals surface area contributed by atoms with Gasteiger partial charge in [-0.1, -0.05) is 19.9 Å². The Balaban J connectivity index is 2.82. The predicted octanol–water partition coefficient (Wildman–Crippen LogP) is 3.75. The lowest BCUT2D eigenvalue weighted by Gasteiger charge is -2.31. The third kappa shape index (κ3) is 5.68. The smallest absolute Gasteiger partial charge is 0.0637 e. The molecular weight excluding hydrogens is 260 g/mol. The topological polar surface area (TPSA) is 24.5 Å². The maximum Gasteiger partial charge on any atom is 0.0637 e. The molecule has 0 saturated heterocycles. The molecule has 0 heterocycles. The van der Waals surface area contributed by atoms with Gasteiger partial charge in [0.2, 0.25) is 0 Å². The van der Waals surface area contributed by atoms with Crippen LogP contribution in [0.15, 0.2) is 18.2 Å². The van der Waals surface area contributed by atoms with Gasteiger partial charge >= 0.3 is 0 Å². The van der Waals surface area contributed by atoms with E-state index in [1.807, 2.05) is 0 Å². The summed E-state index contributed by atoms with van der Waals surface area (Å²) < 4.78 is 5.26. The average molecular weight is 292 g/mol. The van der Waals surface area contributed by atoms with Crippen LogP contribution >= 0.6 is 0 Å². The lowest BCUT2D eigenvalue weighted by atomic mass is 10.1. The third-order valence-corrected chi connectivity index (χ3v) is 4.06. The van der Waals surface area contributed by atoms with Crippen LogP contribution in [0.1, 0.15) is 44.7 Å². The summed E-state index contributed by atoms with van der Waals surface area (Å²) in [6.45, 7) is 12.7. The average Bonchev–Trinajstić information content (AvgIpc) is 2.49. The fraction of sp³-hybridized carbons (Fsp3) is 0.667. The van der Waals surface area contributed by atoms with Crippen LogP contribution in [-0.2, 0) is 11.3 Å². The zero-order chi connectivity index (χ0) is 15.7. The summed E-state index contributed by atoms with van der Waals surface area (Å²) in [7, 11) is 1.77. The van der Waals surface area contributed by atoms with Gasteiger partial charge in [-0.3, -0.25) is 0 Å². The number of nitrogens with one attached hydrogen (secondary N) is 1. The SMILES string of the molecule is CCCNCc1ccc(N(CCOC)C(C)CC)cc1C. The Kier molecular flexibility index (Phi) is 8.40. The quantitative estimate of drug-likeness (QED) is 0.665. The zero-order valence-electron chi connectivity index (χ0n) is 14.4. The highest BCUT2D eigenvalue weighted by molar-refractivity contribution is 5.51. The van der Waals surface area contributed by atoms with Crippen LogP contribution in [0.3, 0.4) is 0 Å². The van der Waals surface area contributed by atoms with E-state index in [4.69, 9.17) is 4.74 Å². The molecule has 0 aromatic heterocycles. The Morgan fingerprint density at radius 3 is 2.62 bits per heavy atom. The highest BCUT2D eigenvalue weighted by atomic mass is 16.5. The maximum absolute atomic E-state index is 5.26. The molecule has 1 aromatic carbocycles. The van der Waals surface area contributed by atoms with Crippen LogP contribution in [-0.4, -0.2) is 32.8 Å². The van der Waals surface area contributed by atoms with Gasteiger partial charge in [0, 0.05) is 31.9 Å². The summed E-state index contributed by atoms with van der Waals surface area (Å²) in [5.41, 5.74) is 4.06. The minimum Gasteiger partial charge on any atom is -0.383 e. The van der Waals surface area contributed by atoms with Crippen molar-refractivity contribution in [3.63, 3.8) is 0 Å². The van der Waals surface area contributed by atoms with E-state index in [2.05, 4.69) is 56.1 Å². The number of aryl methyl sites for hydroxylation is 1. The number of ether oxygens (including phenoxy) is 1. The number of hydrogen-bond donors (Lipinski definition) is 1. The van der Waals surface area contributed by atoms with Crippen LogP contribution in [0.2, 0.25) is 0 Å². The Morgan fingerprint density at radius 1 is 1.29 bits per heavy atom. The standard InChI is InChI=1S/C18H32N2O/c1-6-10-19-14-17-8-9-18(13-15(17)3)20(11-12-21-5)16(4)7-2/h8-9,13,16,19H,6-7,10-12,14H2,1-5H3. The molecule has 0 spiro atoms. The zero-order valence-corrected chi connectivity index (χ0v) is 14.4. The summed E-state index contributed by atoms with van der Waals surface area (Å²) in [6, 6.07) is 7.35. The van der Waals surface area contributed by atoms with Crippen molar-refractivity contribution in [2.45, 2.75) is 53.1 Å². The van der Waals surface area contributed by atoms with Gasteiger partial charge in [0.25, 0.3) is 0 Å². The number of anilines is 1. The van der Waals surface area contributed by atoms with Gasteiger partial charge in [0.1, 0.15) is 0 Å². The molecule has 0 fully saturated rings. The molecule has 120 valence electrons. The van der Waals surface area contributed by atoms with Gasteiger partial charge < -0.3 is 15.0 Å². The first-order valence-corrected chi connectivity index (χ1v) is 8.19. The van der Waals surface area contributed by atoms with Gasteiger partial charge in [-0.15, -0.1) is 0 Å². The maximum atomic E-state index is 5.26. The minimum atomic E-state index is 0.531. The van der Waals surface area contributed by atoms with E-state index in [0.717, 1.165) is 32.7 Å². The molecular formula is C18H32N2O. The number of nitrogens with zero attached hydrogens (tertiary/aromatic N) is 1. The van der Waals surface area contributed by atoms with Crippen LogP contribution in [0, 0.1) is 6.92 Å². The molecule has 0 amide bonds. The third-order valence-electron chi connectivity index (χ3n) is 4.06. The first-order chi connectivity index (χ1) is 10.1. The molecule has 0 radical (unpaired) electrons. The number of methoxy groups -OCH3 is 1. The molecule has 0 aliphatic carbocycles. The molecule has 1 unspecified atom stereocenters. The van der Waals surface area contributed by atoms with Crippen molar-refractivity contribution in [1.29, 1.82) is 0 Å². The van der Waals surface area contributed by atoms with E-state index in [1.165, 1.54) is 23.2 Å². The van der Waals surface area contributed by atoms with E-state index in [0.29, 0.717) is 6.04 Å². The fourth-order valence-electron chi connectivity index (χ4n) is 2.47. The second kappa shape index (κ2) is 9.80. The predicted molar refractivity (Wildman–Crippen MR) is 92.2 cm³/mol. The number of hydrogen-bond acceptors (Lipinski definition) is 3. The normalized spacial score (nSPS) is 12.4. The van der Waals surface area contributed by atoms with E-state index < -0.39 is 0 Å². The Morgan fingerprint density at radius 2 is 2.05 bits per heavy atom. The summed E-state index contributed by atoms with van der Waals surface area (Å²) in [4.78, 5) is 2.44. The monoisotopic (exact) mass is 292 g/mol. The van der Waals surface area contributed by atoms with Gasteiger partial charge in [0.15, 0.2) is 0 Å². The van der Waals surface area contributed by atoms with Crippen molar-refractivity contribution >= 4 is 5.69 Å². The minimum absolute atomic E-state index is 0.531. The second-order valence-corrected chi connectivity index (χ2v) is 5.73. The van der Waals surface area contributed by atoms with E-state index >= 15 is 0 Å². The van der Waals surface area contributed by atoms with Crippen LogP contribution in [0.4, 0.5) is 5.69 Å². The molecule has 1 N–H and O–H groups in total. The highest BCUT2D eigenvalue weighted by Crippen LogP contribution is 2.22. The first-order valence-electron chi connectivity index (χ1n) is 8.19. The van der Waals surface area contributed by atoms with Crippen LogP contribution < -0.4 is 10.2 Å². The summed E-state index contributed by atoms with van der Waals surface area (Å²) in [6.07, 6.45) is 2.32. The van der Waals surface area contributed by atoms with Gasteiger partial charge in [0.05, 0.1) is 6.61 Å². The Hall–Kier alpha value is -1.06. The highest BCUT2D eigenvalue weighted by Gasteiger charge is 2.13. The lowest BCUT2D eigenvalue weighted by Crippen LogP contribution is -2.35. The molecule has 0 saturated carbocycles. The summed E-state index contributed by atoms with van der Waals surface area (Å²) in [5, 5.41) is 3.48. The number of rotatable bonds is 10. The van der Waals surface area contributed by atoms with Crippen molar-refractivity contribution in [3.05, 3.63) is 29.3 Å². The van der Waals surface area contributed by atoms with Crippen molar-refractivity contribution in [2.24, 2.45) is 0 Å². The molecule has 0 bridgehead atoms. The Bertz CT molecular complexity index is 406. The van der Waals surface area contributed by atoms with Crippen molar-refractivity contribution in [2.75, 3.05) is 31.7 Å². The Labute approximate surface area is 130 Å². The molecule has 3 nitrogen and oxygen atoms in total. The molecule has 1 atom stereocenters. The molecule has 0 aliphatic heterocycles. The van der Waals surface area contributed by atoms with Gasteiger partial charge in [-0.25, -0.2) is 0 Å². The molecule has 0 aliphatic rings. The van der Waals surface area contributed by atoms with Gasteiger partial charge in [-0.2, -0.15) is 0 Å².